The Morgan fingerprint density at radius 1 is 1.25 bits per heavy atom. The van der Waals surface area contributed by atoms with Crippen LogP contribution in [0.15, 0.2) is 58.7 Å². The van der Waals surface area contributed by atoms with Gasteiger partial charge in [-0.2, -0.15) is 0 Å². The molecule has 0 saturated carbocycles. The first kappa shape index (κ1) is 19.8. The number of Topliss-reactive ketones (excluding diaryl/α,β-unsaturated/α-hetero) is 1. The lowest BCUT2D eigenvalue weighted by Gasteiger charge is -2.34. The second kappa shape index (κ2) is 8.60. The molecule has 1 unspecified atom stereocenters. The molecule has 0 spiro atoms. The number of hydrogen-bond acceptors (Lipinski definition) is 3. The SMILES string of the molecule is CC(C=CC1=C(C)C(=O)CCC1(C)CO)=CC=CC(C)=CC(=O)O. The minimum Gasteiger partial charge on any atom is -0.478 e. The number of carboxylic acids is 1. The standard InChI is InChI=1S/C20H26O4/c1-14(6-5-7-15(2)12-19(23)24)8-9-17-16(3)18(22)10-11-20(17,4)13-21/h5-9,12,21H,10-11,13H2,1-4H3,(H,23,24). The molecule has 0 aliphatic heterocycles. The van der Waals surface area contributed by atoms with E-state index in [0.717, 1.165) is 22.8 Å². The van der Waals surface area contributed by atoms with Crippen molar-refractivity contribution in [3.8, 4) is 0 Å². The second-order valence-corrected chi connectivity index (χ2v) is 6.51. The number of rotatable bonds is 6. The third-order valence-corrected chi connectivity index (χ3v) is 4.31. The quantitative estimate of drug-likeness (QED) is 0.574. The van der Waals surface area contributed by atoms with E-state index in [4.69, 9.17) is 5.11 Å². The fraction of sp³-hybridized carbons (Fsp3) is 0.400. The summed E-state index contributed by atoms with van der Waals surface area (Å²) in [6.45, 7) is 7.45. The van der Waals surface area contributed by atoms with Crippen molar-refractivity contribution in [2.45, 2.75) is 40.5 Å². The van der Waals surface area contributed by atoms with Crippen molar-refractivity contribution in [3.05, 3.63) is 58.7 Å². The number of ketones is 1. The Morgan fingerprint density at radius 2 is 1.92 bits per heavy atom. The third kappa shape index (κ3) is 5.46. The number of aliphatic hydroxyl groups excluding tert-OH is 1. The highest BCUT2D eigenvalue weighted by molar-refractivity contribution is 5.97. The van der Waals surface area contributed by atoms with Gasteiger partial charge in [-0.15, -0.1) is 0 Å². The largest absolute Gasteiger partial charge is 0.478 e. The molecular weight excluding hydrogens is 304 g/mol. The molecule has 0 heterocycles. The molecule has 0 aromatic heterocycles. The average Bonchev–Trinajstić information content (AvgIpc) is 2.50. The van der Waals surface area contributed by atoms with Crippen LogP contribution in [-0.4, -0.2) is 28.6 Å². The molecule has 1 rings (SSSR count). The molecule has 0 bridgehead atoms. The average molecular weight is 330 g/mol. The highest BCUT2D eigenvalue weighted by Crippen LogP contribution is 2.39. The maximum atomic E-state index is 11.9. The van der Waals surface area contributed by atoms with Gasteiger partial charge in [-0.05, 0) is 43.9 Å². The first-order valence-electron chi connectivity index (χ1n) is 7.99. The van der Waals surface area contributed by atoms with Crippen molar-refractivity contribution >= 4 is 11.8 Å². The maximum absolute atomic E-state index is 11.9. The zero-order chi connectivity index (χ0) is 18.3. The van der Waals surface area contributed by atoms with E-state index in [0.29, 0.717) is 18.4 Å². The lowest BCUT2D eigenvalue weighted by atomic mass is 9.71. The summed E-state index contributed by atoms with van der Waals surface area (Å²) < 4.78 is 0. The third-order valence-electron chi connectivity index (χ3n) is 4.31. The summed E-state index contributed by atoms with van der Waals surface area (Å²) in [6.07, 6.45) is 11.5. The van der Waals surface area contributed by atoms with Crippen LogP contribution in [0, 0.1) is 5.41 Å². The van der Waals surface area contributed by atoms with Crippen molar-refractivity contribution in [1.82, 2.24) is 0 Å². The van der Waals surface area contributed by atoms with Gasteiger partial charge >= 0.3 is 5.97 Å². The Kier molecular flexibility index (Phi) is 7.11. The topological polar surface area (TPSA) is 74.6 Å². The molecule has 0 aromatic rings. The molecule has 0 fully saturated rings. The fourth-order valence-corrected chi connectivity index (χ4v) is 2.67. The van der Waals surface area contributed by atoms with Crippen molar-refractivity contribution in [2.24, 2.45) is 5.41 Å². The first-order chi connectivity index (χ1) is 11.2. The van der Waals surface area contributed by atoms with Crippen LogP contribution < -0.4 is 0 Å². The molecular formula is C20H26O4. The Labute approximate surface area is 143 Å². The van der Waals surface area contributed by atoms with E-state index in [1.54, 1.807) is 19.1 Å². The molecule has 1 aliphatic rings. The molecule has 4 heteroatoms. The maximum Gasteiger partial charge on any atom is 0.328 e. The summed E-state index contributed by atoms with van der Waals surface area (Å²) >= 11 is 0. The summed E-state index contributed by atoms with van der Waals surface area (Å²) in [5.41, 5.74) is 2.84. The Balaban J connectivity index is 2.95. The zero-order valence-corrected chi connectivity index (χ0v) is 14.8. The van der Waals surface area contributed by atoms with Crippen LogP contribution in [0.4, 0.5) is 0 Å². The Bertz CT molecular complexity index is 659. The Hall–Kier alpha value is -2.20. The van der Waals surface area contributed by atoms with Crippen LogP contribution in [-0.2, 0) is 9.59 Å². The summed E-state index contributed by atoms with van der Waals surface area (Å²) in [5, 5.41) is 18.4. The van der Waals surface area contributed by atoms with Gasteiger partial charge in [0.1, 0.15) is 0 Å². The number of allylic oxidation sites excluding steroid dienone is 8. The van der Waals surface area contributed by atoms with Gasteiger partial charge in [0, 0.05) is 17.9 Å². The lowest BCUT2D eigenvalue weighted by Crippen LogP contribution is -2.30. The number of carboxylic acid groups (broad SMARTS) is 1. The summed E-state index contributed by atoms with van der Waals surface area (Å²) in [5.74, 6) is -0.832. The molecule has 130 valence electrons. The zero-order valence-electron chi connectivity index (χ0n) is 14.8. The van der Waals surface area contributed by atoms with Crippen molar-refractivity contribution < 1.29 is 19.8 Å². The van der Waals surface area contributed by atoms with Crippen LogP contribution in [0.1, 0.15) is 40.5 Å². The van der Waals surface area contributed by atoms with Gasteiger partial charge in [0.15, 0.2) is 5.78 Å². The van der Waals surface area contributed by atoms with Gasteiger partial charge in [0.2, 0.25) is 0 Å². The molecule has 1 atom stereocenters. The van der Waals surface area contributed by atoms with Gasteiger partial charge < -0.3 is 10.2 Å². The van der Waals surface area contributed by atoms with Crippen LogP contribution in [0.2, 0.25) is 0 Å². The van der Waals surface area contributed by atoms with Gasteiger partial charge in [-0.25, -0.2) is 4.79 Å². The van der Waals surface area contributed by atoms with Gasteiger partial charge in [-0.1, -0.05) is 42.9 Å². The normalized spacial score (nSPS) is 23.6. The minimum atomic E-state index is -0.967. The molecule has 1 aliphatic carbocycles. The molecule has 2 N–H and O–H groups in total. The van der Waals surface area contributed by atoms with E-state index in [1.165, 1.54) is 0 Å². The predicted octanol–water partition coefficient (Wildman–Crippen LogP) is 3.75. The van der Waals surface area contributed by atoms with Crippen LogP contribution in [0.25, 0.3) is 0 Å². The molecule has 4 nitrogen and oxygen atoms in total. The number of carbonyl (C=O) groups excluding carboxylic acids is 1. The summed E-state index contributed by atoms with van der Waals surface area (Å²) in [4.78, 5) is 22.5. The highest BCUT2D eigenvalue weighted by Gasteiger charge is 2.34. The fourth-order valence-electron chi connectivity index (χ4n) is 2.67. The highest BCUT2D eigenvalue weighted by atomic mass is 16.4. The van der Waals surface area contributed by atoms with Crippen LogP contribution in [0.5, 0.6) is 0 Å². The van der Waals surface area contributed by atoms with Gasteiger partial charge in [-0.3, -0.25) is 4.79 Å². The minimum absolute atomic E-state index is 0.0130. The van der Waals surface area contributed by atoms with Crippen LogP contribution in [0.3, 0.4) is 0 Å². The number of aliphatic hydroxyl groups is 1. The van der Waals surface area contributed by atoms with E-state index >= 15 is 0 Å². The van der Waals surface area contributed by atoms with E-state index in [9.17, 15) is 14.7 Å². The van der Waals surface area contributed by atoms with E-state index in [-0.39, 0.29) is 17.8 Å². The molecule has 0 aromatic carbocycles. The first-order valence-corrected chi connectivity index (χ1v) is 7.99. The molecule has 0 radical (unpaired) electrons. The van der Waals surface area contributed by atoms with E-state index in [2.05, 4.69) is 0 Å². The number of aliphatic carboxylic acids is 1. The summed E-state index contributed by atoms with van der Waals surface area (Å²) in [7, 11) is 0. The Morgan fingerprint density at radius 3 is 2.50 bits per heavy atom. The van der Waals surface area contributed by atoms with Crippen LogP contribution >= 0.6 is 0 Å². The smallest absolute Gasteiger partial charge is 0.328 e. The second-order valence-electron chi connectivity index (χ2n) is 6.51. The van der Waals surface area contributed by atoms with Crippen molar-refractivity contribution in [2.75, 3.05) is 6.61 Å². The van der Waals surface area contributed by atoms with Crippen molar-refractivity contribution in [3.63, 3.8) is 0 Å². The van der Waals surface area contributed by atoms with E-state index < -0.39 is 5.97 Å². The van der Waals surface area contributed by atoms with Gasteiger partial charge in [0.25, 0.3) is 0 Å². The van der Waals surface area contributed by atoms with Gasteiger partial charge in [0.05, 0.1) is 6.61 Å². The van der Waals surface area contributed by atoms with Crippen molar-refractivity contribution in [1.29, 1.82) is 0 Å². The molecule has 0 amide bonds. The number of hydrogen-bond donors (Lipinski definition) is 2. The predicted molar refractivity (Wildman–Crippen MR) is 95.6 cm³/mol. The lowest BCUT2D eigenvalue weighted by molar-refractivity contribution is -0.131. The monoisotopic (exact) mass is 330 g/mol. The molecule has 24 heavy (non-hydrogen) atoms. The van der Waals surface area contributed by atoms with E-state index in [1.807, 2.05) is 39.0 Å². The molecule has 0 saturated heterocycles. The summed E-state index contributed by atoms with van der Waals surface area (Å²) in [6, 6.07) is 0. The number of carbonyl (C=O) groups is 2.